The van der Waals surface area contributed by atoms with Gasteiger partial charge in [0.15, 0.2) is 0 Å². The third kappa shape index (κ3) is 3.45. The van der Waals surface area contributed by atoms with Gasteiger partial charge in [-0.05, 0) is 19.3 Å². The highest BCUT2D eigenvalue weighted by Crippen LogP contribution is 2.28. The molecule has 1 amide bonds. The first-order valence-electron chi connectivity index (χ1n) is 6.57. The van der Waals surface area contributed by atoms with Crippen LogP contribution in [0.25, 0.3) is 0 Å². The molecule has 0 saturated heterocycles. The molecule has 0 aromatic carbocycles. The molecule has 1 saturated carbocycles. The molecular weight excluding hydrogens is 218 g/mol. The van der Waals surface area contributed by atoms with Crippen molar-refractivity contribution >= 4 is 11.9 Å². The molecule has 0 bridgehead atoms. The Labute approximate surface area is 103 Å². The van der Waals surface area contributed by atoms with Crippen LogP contribution < -0.4 is 5.32 Å². The molecule has 0 radical (unpaired) electrons. The fraction of sp³-hybridized carbons (Fsp3) is 0.846. The Hall–Kier alpha value is -1.06. The third-order valence-corrected chi connectivity index (χ3v) is 3.79. The molecule has 0 aliphatic heterocycles. The van der Waals surface area contributed by atoms with Gasteiger partial charge >= 0.3 is 5.97 Å². The van der Waals surface area contributed by atoms with Crippen molar-refractivity contribution in [1.29, 1.82) is 0 Å². The SMILES string of the molecule is CCC(C)C(=O)NC1(C(=O)O)CCCCCC1. The molecule has 1 fully saturated rings. The summed E-state index contributed by atoms with van der Waals surface area (Å²) in [6.45, 7) is 3.77. The highest BCUT2D eigenvalue weighted by atomic mass is 16.4. The van der Waals surface area contributed by atoms with E-state index in [0.717, 1.165) is 32.1 Å². The number of carbonyl (C=O) groups excluding carboxylic acids is 1. The van der Waals surface area contributed by atoms with E-state index >= 15 is 0 Å². The molecule has 17 heavy (non-hydrogen) atoms. The fourth-order valence-electron chi connectivity index (χ4n) is 2.27. The van der Waals surface area contributed by atoms with Gasteiger partial charge in [0, 0.05) is 5.92 Å². The normalized spacial score (nSPS) is 21.3. The molecule has 1 unspecified atom stereocenters. The maximum Gasteiger partial charge on any atom is 0.329 e. The average Bonchev–Trinajstić information content (AvgIpc) is 2.54. The molecule has 1 aliphatic carbocycles. The first kappa shape index (κ1) is 14.0. The average molecular weight is 241 g/mol. The van der Waals surface area contributed by atoms with Crippen LogP contribution in [0, 0.1) is 5.92 Å². The van der Waals surface area contributed by atoms with Crippen molar-refractivity contribution < 1.29 is 14.7 Å². The molecular formula is C13H23NO3. The molecule has 98 valence electrons. The minimum atomic E-state index is -1.02. The van der Waals surface area contributed by atoms with E-state index in [1.807, 2.05) is 13.8 Å². The van der Waals surface area contributed by atoms with Gasteiger partial charge in [-0.2, -0.15) is 0 Å². The van der Waals surface area contributed by atoms with Crippen molar-refractivity contribution in [3.63, 3.8) is 0 Å². The Morgan fingerprint density at radius 1 is 1.24 bits per heavy atom. The number of hydrogen-bond donors (Lipinski definition) is 2. The molecule has 2 N–H and O–H groups in total. The van der Waals surface area contributed by atoms with Crippen LogP contribution in [0.15, 0.2) is 0 Å². The predicted molar refractivity (Wildman–Crippen MR) is 65.7 cm³/mol. The van der Waals surface area contributed by atoms with Gasteiger partial charge in [-0.25, -0.2) is 4.79 Å². The minimum absolute atomic E-state index is 0.116. The minimum Gasteiger partial charge on any atom is -0.480 e. The summed E-state index contributed by atoms with van der Waals surface area (Å²) in [7, 11) is 0. The van der Waals surface area contributed by atoms with Crippen molar-refractivity contribution in [2.45, 2.75) is 64.3 Å². The number of aliphatic carboxylic acids is 1. The van der Waals surface area contributed by atoms with Gasteiger partial charge in [0.25, 0.3) is 0 Å². The van der Waals surface area contributed by atoms with Gasteiger partial charge < -0.3 is 10.4 Å². The van der Waals surface area contributed by atoms with E-state index in [2.05, 4.69) is 5.32 Å². The van der Waals surface area contributed by atoms with Gasteiger partial charge in [-0.15, -0.1) is 0 Å². The summed E-state index contributed by atoms with van der Waals surface area (Å²) >= 11 is 0. The summed E-state index contributed by atoms with van der Waals surface area (Å²) in [5, 5.41) is 12.2. The lowest BCUT2D eigenvalue weighted by atomic mass is 9.89. The summed E-state index contributed by atoms with van der Waals surface area (Å²) < 4.78 is 0. The van der Waals surface area contributed by atoms with Crippen molar-refractivity contribution in [3.8, 4) is 0 Å². The number of carboxylic acid groups (broad SMARTS) is 1. The zero-order chi connectivity index (χ0) is 12.9. The van der Waals surface area contributed by atoms with E-state index in [0.29, 0.717) is 12.8 Å². The van der Waals surface area contributed by atoms with Crippen LogP contribution in [0.5, 0.6) is 0 Å². The Morgan fingerprint density at radius 3 is 2.18 bits per heavy atom. The van der Waals surface area contributed by atoms with Crippen LogP contribution >= 0.6 is 0 Å². The van der Waals surface area contributed by atoms with E-state index in [1.54, 1.807) is 0 Å². The summed E-state index contributed by atoms with van der Waals surface area (Å²) in [6.07, 6.45) is 5.75. The number of rotatable bonds is 4. The van der Waals surface area contributed by atoms with Gasteiger partial charge in [-0.3, -0.25) is 4.79 Å². The predicted octanol–water partition coefficient (Wildman–Crippen LogP) is 2.33. The molecule has 1 aliphatic rings. The molecule has 0 spiro atoms. The van der Waals surface area contributed by atoms with Crippen LogP contribution in [0.4, 0.5) is 0 Å². The van der Waals surface area contributed by atoms with Crippen molar-refractivity contribution in [1.82, 2.24) is 5.32 Å². The van der Waals surface area contributed by atoms with E-state index in [1.165, 1.54) is 0 Å². The molecule has 0 aromatic rings. The quantitative estimate of drug-likeness (QED) is 0.742. The van der Waals surface area contributed by atoms with E-state index in [4.69, 9.17) is 0 Å². The van der Waals surface area contributed by atoms with E-state index in [-0.39, 0.29) is 11.8 Å². The molecule has 1 atom stereocenters. The van der Waals surface area contributed by atoms with Crippen LogP contribution in [0.3, 0.4) is 0 Å². The monoisotopic (exact) mass is 241 g/mol. The second-order valence-corrected chi connectivity index (χ2v) is 5.10. The van der Waals surface area contributed by atoms with Crippen LogP contribution in [0.1, 0.15) is 58.8 Å². The van der Waals surface area contributed by atoms with Crippen molar-refractivity contribution in [2.24, 2.45) is 5.92 Å². The summed E-state index contributed by atoms with van der Waals surface area (Å²) in [4.78, 5) is 23.4. The van der Waals surface area contributed by atoms with E-state index in [9.17, 15) is 14.7 Å². The Morgan fingerprint density at radius 2 is 1.76 bits per heavy atom. The standard InChI is InChI=1S/C13H23NO3/c1-3-10(2)11(15)14-13(12(16)17)8-6-4-5-7-9-13/h10H,3-9H2,1-2H3,(H,14,15)(H,16,17). The van der Waals surface area contributed by atoms with Gasteiger partial charge in [0.05, 0.1) is 0 Å². The van der Waals surface area contributed by atoms with Crippen LogP contribution in [0.2, 0.25) is 0 Å². The van der Waals surface area contributed by atoms with Gasteiger partial charge in [0.1, 0.15) is 5.54 Å². The lowest BCUT2D eigenvalue weighted by Crippen LogP contribution is -2.55. The molecule has 4 heteroatoms. The van der Waals surface area contributed by atoms with Crippen molar-refractivity contribution in [3.05, 3.63) is 0 Å². The van der Waals surface area contributed by atoms with E-state index < -0.39 is 11.5 Å². The zero-order valence-corrected chi connectivity index (χ0v) is 10.8. The number of carboxylic acids is 1. The number of nitrogens with one attached hydrogen (secondary N) is 1. The maximum absolute atomic E-state index is 11.9. The summed E-state index contributed by atoms with van der Waals surface area (Å²) in [5.74, 6) is -1.12. The highest BCUT2D eigenvalue weighted by molar-refractivity contribution is 5.87. The topological polar surface area (TPSA) is 66.4 Å². The first-order chi connectivity index (χ1) is 8.02. The van der Waals surface area contributed by atoms with Crippen molar-refractivity contribution in [2.75, 3.05) is 0 Å². The molecule has 1 rings (SSSR count). The van der Waals surface area contributed by atoms with Crippen LogP contribution in [-0.4, -0.2) is 22.5 Å². The van der Waals surface area contributed by atoms with Gasteiger partial charge in [0.2, 0.25) is 5.91 Å². The Bertz CT molecular complexity index is 280. The number of hydrogen-bond acceptors (Lipinski definition) is 2. The fourth-order valence-corrected chi connectivity index (χ4v) is 2.27. The lowest BCUT2D eigenvalue weighted by molar-refractivity contribution is -0.149. The smallest absolute Gasteiger partial charge is 0.329 e. The van der Waals surface area contributed by atoms with Crippen LogP contribution in [-0.2, 0) is 9.59 Å². The lowest BCUT2D eigenvalue weighted by Gasteiger charge is -2.30. The Kier molecular flexibility index (Phi) is 4.97. The summed E-state index contributed by atoms with van der Waals surface area (Å²) in [6, 6.07) is 0. The second-order valence-electron chi connectivity index (χ2n) is 5.10. The first-order valence-corrected chi connectivity index (χ1v) is 6.57. The maximum atomic E-state index is 11.9. The van der Waals surface area contributed by atoms with Gasteiger partial charge in [-0.1, -0.05) is 39.5 Å². The Balaban J connectivity index is 2.77. The summed E-state index contributed by atoms with van der Waals surface area (Å²) in [5.41, 5.74) is -1.02. The second kappa shape index (κ2) is 6.03. The molecule has 0 aromatic heterocycles. The third-order valence-electron chi connectivity index (χ3n) is 3.79. The molecule has 0 heterocycles. The zero-order valence-electron chi connectivity index (χ0n) is 10.8. The number of carbonyl (C=O) groups is 2. The largest absolute Gasteiger partial charge is 0.480 e. The molecule has 4 nitrogen and oxygen atoms in total. The number of amides is 1. The highest BCUT2D eigenvalue weighted by Gasteiger charge is 2.40.